The van der Waals surface area contributed by atoms with E-state index in [1.165, 1.54) is 10.6 Å². The lowest BCUT2D eigenvalue weighted by atomic mass is 10.1. The molecule has 0 fully saturated rings. The number of thioether (sulfide) groups is 1. The molecule has 21 heavy (non-hydrogen) atoms. The first-order valence-corrected chi connectivity index (χ1v) is 7.94. The third-order valence-electron chi connectivity index (χ3n) is 3.09. The van der Waals surface area contributed by atoms with Crippen molar-refractivity contribution in [1.29, 1.82) is 0 Å². The van der Waals surface area contributed by atoms with Crippen molar-refractivity contribution in [1.82, 2.24) is 4.57 Å². The standard InChI is InChI=1S/C14H17NO5S/c1-3-19-13(17)9-7-11(16)15-5-6-21-8-10(15)12(9)14(18)20-4-2/h7H,3-6,8H2,1-2H3. The van der Waals surface area contributed by atoms with Gasteiger partial charge in [0.05, 0.1) is 24.3 Å². The summed E-state index contributed by atoms with van der Waals surface area (Å²) in [4.78, 5) is 36.4. The van der Waals surface area contributed by atoms with Crippen LogP contribution in [0.15, 0.2) is 10.9 Å². The Labute approximate surface area is 126 Å². The lowest BCUT2D eigenvalue weighted by Crippen LogP contribution is -2.32. The molecule has 0 saturated heterocycles. The lowest BCUT2D eigenvalue weighted by Gasteiger charge is -2.22. The Kier molecular flexibility index (Phi) is 5.06. The normalized spacial score (nSPS) is 13.4. The van der Waals surface area contributed by atoms with Crippen molar-refractivity contribution in [2.75, 3.05) is 19.0 Å². The Bertz CT molecular complexity index is 623. The first kappa shape index (κ1) is 15.6. The SMILES string of the molecule is CCOC(=O)c1cc(=O)n2c(c1C(=O)OCC)CSCC2. The smallest absolute Gasteiger partial charge is 0.340 e. The van der Waals surface area contributed by atoms with Crippen LogP contribution < -0.4 is 5.56 Å². The number of fused-ring (bicyclic) bond motifs is 1. The minimum atomic E-state index is -0.670. The monoisotopic (exact) mass is 311 g/mol. The number of pyridine rings is 1. The first-order valence-electron chi connectivity index (χ1n) is 6.78. The second kappa shape index (κ2) is 6.80. The van der Waals surface area contributed by atoms with Gasteiger partial charge in [-0.2, -0.15) is 11.8 Å². The van der Waals surface area contributed by atoms with E-state index in [1.807, 2.05) is 0 Å². The number of aromatic nitrogens is 1. The number of hydrogen-bond acceptors (Lipinski definition) is 6. The number of nitrogens with zero attached hydrogens (tertiary/aromatic N) is 1. The predicted molar refractivity (Wildman–Crippen MR) is 78.8 cm³/mol. The topological polar surface area (TPSA) is 74.6 Å². The van der Waals surface area contributed by atoms with E-state index in [0.29, 0.717) is 18.0 Å². The zero-order chi connectivity index (χ0) is 15.4. The maximum Gasteiger partial charge on any atom is 0.340 e. The van der Waals surface area contributed by atoms with Crippen molar-refractivity contribution >= 4 is 23.7 Å². The Morgan fingerprint density at radius 3 is 2.57 bits per heavy atom. The van der Waals surface area contributed by atoms with E-state index in [1.54, 1.807) is 25.6 Å². The molecule has 2 heterocycles. The van der Waals surface area contributed by atoms with E-state index in [0.717, 1.165) is 5.75 Å². The van der Waals surface area contributed by atoms with Crippen LogP contribution >= 0.6 is 11.8 Å². The van der Waals surface area contributed by atoms with Gasteiger partial charge in [-0.3, -0.25) is 4.79 Å². The summed E-state index contributed by atoms with van der Waals surface area (Å²) in [6, 6.07) is 1.17. The Hall–Kier alpha value is -1.76. The molecule has 0 atom stereocenters. The molecule has 1 aliphatic rings. The molecule has 0 N–H and O–H groups in total. The van der Waals surface area contributed by atoms with Gasteiger partial charge in [-0.05, 0) is 13.8 Å². The fourth-order valence-corrected chi connectivity index (χ4v) is 3.17. The molecular weight excluding hydrogens is 294 g/mol. The summed E-state index contributed by atoms with van der Waals surface area (Å²) in [6.45, 7) is 4.26. The number of ether oxygens (including phenoxy) is 2. The third kappa shape index (κ3) is 3.12. The molecule has 0 amide bonds. The molecule has 2 rings (SSSR count). The zero-order valence-electron chi connectivity index (χ0n) is 12.0. The summed E-state index contributed by atoms with van der Waals surface area (Å²) in [5.74, 6) is 0.0355. The third-order valence-corrected chi connectivity index (χ3v) is 4.04. The summed E-state index contributed by atoms with van der Waals surface area (Å²) >= 11 is 1.61. The molecule has 1 aliphatic heterocycles. The molecule has 1 aromatic heterocycles. The van der Waals surface area contributed by atoms with Crippen LogP contribution in [-0.2, 0) is 21.8 Å². The summed E-state index contributed by atoms with van der Waals surface area (Å²) in [5.41, 5.74) is 0.401. The predicted octanol–water partition coefficient (Wildman–Crippen LogP) is 1.45. The van der Waals surface area contributed by atoms with E-state index < -0.39 is 11.9 Å². The average Bonchev–Trinajstić information content (AvgIpc) is 2.47. The first-order chi connectivity index (χ1) is 10.1. The van der Waals surface area contributed by atoms with Crippen LogP contribution in [0.1, 0.15) is 40.3 Å². The van der Waals surface area contributed by atoms with Crippen molar-refractivity contribution in [2.24, 2.45) is 0 Å². The molecule has 0 unspecified atom stereocenters. The van der Waals surface area contributed by atoms with Crippen LogP contribution in [0.25, 0.3) is 0 Å². The van der Waals surface area contributed by atoms with Gasteiger partial charge in [-0.25, -0.2) is 9.59 Å². The van der Waals surface area contributed by atoms with Crippen LogP contribution in [0.3, 0.4) is 0 Å². The highest BCUT2D eigenvalue weighted by molar-refractivity contribution is 7.98. The molecule has 7 heteroatoms. The molecule has 0 aromatic carbocycles. The van der Waals surface area contributed by atoms with Crippen molar-refractivity contribution in [3.8, 4) is 0 Å². The summed E-state index contributed by atoms with van der Waals surface area (Å²) in [5, 5.41) is 0. The highest BCUT2D eigenvalue weighted by Gasteiger charge is 2.28. The highest BCUT2D eigenvalue weighted by Crippen LogP contribution is 2.24. The van der Waals surface area contributed by atoms with Crippen molar-refractivity contribution in [3.63, 3.8) is 0 Å². The number of carbonyl (C=O) groups excluding carboxylic acids is 2. The quantitative estimate of drug-likeness (QED) is 0.784. The summed E-state index contributed by atoms with van der Waals surface area (Å²) < 4.78 is 11.5. The van der Waals surface area contributed by atoms with E-state index in [-0.39, 0.29) is 29.9 Å². The molecule has 0 radical (unpaired) electrons. The molecule has 114 valence electrons. The Balaban J connectivity index is 2.63. The van der Waals surface area contributed by atoms with Gasteiger partial charge < -0.3 is 14.0 Å². The van der Waals surface area contributed by atoms with Gasteiger partial charge in [0.2, 0.25) is 0 Å². The van der Waals surface area contributed by atoms with Crippen molar-refractivity contribution < 1.29 is 19.1 Å². The number of carbonyl (C=O) groups is 2. The van der Waals surface area contributed by atoms with Crippen LogP contribution in [0.2, 0.25) is 0 Å². The molecule has 6 nitrogen and oxygen atoms in total. The Morgan fingerprint density at radius 2 is 1.90 bits per heavy atom. The average molecular weight is 311 g/mol. The van der Waals surface area contributed by atoms with Crippen LogP contribution in [0.5, 0.6) is 0 Å². The lowest BCUT2D eigenvalue weighted by molar-refractivity contribution is 0.0476. The maximum atomic E-state index is 12.2. The van der Waals surface area contributed by atoms with Crippen molar-refractivity contribution in [3.05, 3.63) is 33.2 Å². The number of rotatable bonds is 4. The van der Waals surface area contributed by atoms with E-state index in [2.05, 4.69) is 0 Å². The maximum absolute atomic E-state index is 12.2. The van der Waals surface area contributed by atoms with Gasteiger partial charge >= 0.3 is 11.9 Å². The van der Waals surface area contributed by atoms with E-state index >= 15 is 0 Å². The zero-order valence-corrected chi connectivity index (χ0v) is 12.8. The minimum absolute atomic E-state index is 0.00551. The van der Waals surface area contributed by atoms with Gasteiger partial charge in [0, 0.05) is 29.8 Å². The second-order valence-electron chi connectivity index (χ2n) is 4.36. The molecule has 1 aromatic rings. The Morgan fingerprint density at radius 1 is 1.24 bits per heavy atom. The van der Waals surface area contributed by atoms with Crippen LogP contribution in [0, 0.1) is 0 Å². The summed E-state index contributed by atoms with van der Waals surface area (Å²) in [6.07, 6.45) is 0. The van der Waals surface area contributed by atoms with Crippen molar-refractivity contribution in [2.45, 2.75) is 26.1 Å². The summed E-state index contributed by atoms with van der Waals surface area (Å²) in [7, 11) is 0. The molecule has 0 bridgehead atoms. The van der Waals surface area contributed by atoms with Gasteiger partial charge in [-0.15, -0.1) is 0 Å². The minimum Gasteiger partial charge on any atom is -0.462 e. The fraction of sp³-hybridized carbons (Fsp3) is 0.500. The molecule has 0 aliphatic carbocycles. The van der Waals surface area contributed by atoms with Gasteiger partial charge in [0.1, 0.15) is 0 Å². The number of esters is 2. The van der Waals surface area contributed by atoms with E-state index in [9.17, 15) is 14.4 Å². The highest BCUT2D eigenvalue weighted by atomic mass is 32.2. The number of hydrogen-bond donors (Lipinski definition) is 0. The van der Waals surface area contributed by atoms with Gasteiger partial charge in [0.25, 0.3) is 5.56 Å². The molecule has 0 saturated carbocycles. The van der Waals surface area contributed by atoms with E-state index in [4.69, 9.17) is 9.47 Å². The molecule has 0 spiro atoms. The van der Waals surface area contributed by atoms with Crippen LogP contribution in [0.4, 0.5) is 0 Å². The second-order valence-corrected chi connectivity index (χ2v) is 5.47. The fourth-order valence-electron chi connectivity index (χ4n) is 2.22. The van der Waals surface area contributed by atoms with Crippen LogP contribution in [-0.4, -0.2) is 35.5 Å². The largest absolute Gasteiger partial charge is 0.462 e. The van der Waals surface area contributed by atoms with Gasteiger partial charge in [0.15, 0.2) is 0 Å². The molecular formula is C14H17NO5S. The van der Waals surface area contributed by atoms with Gasteiger partial charge in [-0.1, -0.05) is 0 Å².